The molecule has 3 nitrogen and oxygen atoms in total. The Morgan fingerprint density at radius 1 is 1.09 bits per heavy atom. The molecule has 0 spiro atoms. The van der Waals surface area contributed by atoms with Crippen LogP contribution in [-0.4, -0.2) is 12.0 Å². The smallest absolute Gasteiger partial charge is 0.261 e. The molecule has 1 N–H and O–H groups in total. The van der Waals surface area contributed by atoms with Gasteiger partial charge in [0.25, 0.3) is 5.91 Å². The Hall–Kier alpha value is -2.29. The van der Waals surface area contributed by atoms with E-state index >= 15 is 0 Å². The van der Waals surface area contributed by atoms with E-state index in [1.54, 1.807) is 6.92 Å². The number of rotatable bonds is 6. The van der Waals surface area contributed by atoms with Gasteiger partial charge in [-0.25, -0.2) is 0 Å². The number of hydrogen-bond donors (Lipinski definition) is 1. The molecule has 0 aliphatic rings. The molecule has 116 valence electrons. The van der Waals surface area contributed by atoms with Crippen molar-refractivity contribution in [2.24, 2.45) is 0 Å². The van der Waals surface area contributed by atoms with Gasteiger partial charge in [-0.2, -0.15) is 0 Å². The largest absolute Gasteiger partial charge is 0.481 e. The molecule has 3 heteroatoms. The Morgan fingerprint density at radius 3 is 2.32 bits per heavy atom. The topological polar surface area (TPSA) is 38.3 Å². The Bertz CT molecular complexity index is 593. The first-order valence-corrected chi connectivity index (χ1v) is 7.68. The van der Waals surface area contributed by atoms with Gasteiger partial charge in [0.2, 0.25) is 0 Å². The number of ether oxygens (including phenoxy) is 1. The van der Waals surface area contributed by atoms with Crippen molar-refractivity contribution in [1.82, 2.24) is 5.32 Å². The van der Waals surface area contributed by atoms with Crippen LogP contribution < -0.4 is 10.1 Å². The molecule has 2 rings (SSSR count). The predicted octanol–water partition coefficient (Wildman–Crippen LogP) is 4.03. The lowest BCUT2D eigenvalue weighted by molar-refractivity contribution is -0.128. The predicted molar refractivity (Wildman–Crippen MR) is 88.9 cm³/mol. The van der Waals surface area contributed by atoms with E-state index in [-0.39, 0.29) is 11.9 Å². The highest BCUT2D eigenvalue weighted by Gasteiger charge is 2.19. The lowest BCUT2D eigenvalue weighted by Crippen LogP contribution is -2.38. The molecule has 0 heterocycles. The summed E-state index contributed by atoms with van der Waals surface area (Å²) in [7, 11) is 0. The van der Waals surface area contributed by atoms with Crippen molar-refractivity contribution >= 4 is 5.91 Å². The summed E-state index contributed by atoms with van der Waals surface area (Å²) in [5.41, 5.74) is 2.33. The van der Waals surface area contributed by atoms with E-state index < -0.39 is 6.10 Å². The van der Waals surface area contributed by atoms with E-state index in [0.717, 1.165) is 12.0 Å². The SMILES string of the molecule is CC[C@H](NC(=O)[C@@H](C)Oc1ccccc1)c1ccc(C)cc1. The van der Waals surface area contributed by atoms with Crippen LogP contribution in [0.15, 0.2) is 54.6 Å². The third kappa shape index (κ3) is 4.35. The van der Waals surface area contributed by atoms with Crippen molar-refractivity contribution in [2.75, 3.05) is 0 Å². The van der Waals surface area contributed by atoms with E-state index in [0.29, 0.717) is 5.75 Å². The second kappa shape index (κ2) is 7.64. The first-order chi connectivity index (χ1) is 10.6. The van der Waals surface area contributed by atoms with Crippen LogP contribution in [0.3, 0.4) is 0 Å². The Morgan fingerprint density at radius 2 is 1.73 bits per heavy atom. The molecule has 0 aliphatic carbocycles. The van der Waals surface area contributed by atoms with Crippen molar-refractivity contribution < 1.29 is 9.53 Å². The number of carbonyl (C=O) groups excluding carboxylic acids is 1. The van der Waals surface area contributed by atoms with Gasteiger partial charge in [-0.05, 0) is 38.0 Å². The van der Waals surface area contributed by atoms with Crippen LogP contribution in [0.25, 0.3) is 0 Å². The first-order valence-electron chi connectivity index (χ1n) is 7.68. The van der Waals surface area contributed by atoms with E-state index in [9.17, 15) is 4.79 Å². The molecule has 0 aromatic heterocycles. The van der Waals surface area contributed by atoms with Crippen molar-refractivity contribution in [2.45, 2.75) is 39.3 Å². The molecule has 0 bridgehead atoms. The van der Waals surface area contributed by atoms with Crippen LogP contribution in [0, 0.1) is 6.92 Å². The number of amides is 1. The van der Waals surface area contributed by atoms with Gasteiger partial charge >= 0.3 is 0 Å². The van der Waals surface area contributed by atoms with Crippen molar-refractivity contribution in [3.63, 3.8) is 0 Å². The lowest BCUT2D eigenvalue weighted by atomic mass is 10.0. The highest BCUT2D eigenvalue weighted by atomic mass is 16.5. The van der Waals surface area contributed by atoms with Crippen LogP contribution in [0.1, 0.15) is 37.4 Å². The molecule has 0 radical (unpaired) electrons. The van der Waals surface area contributed by atoms with Crippen molar-refractivity contribution in [1.29, 1.82) is 0 Å². The third-order valence-corrected chi connectivity index (χ3v) is 3.63. The number of nitrogens with one attached hydrogen (secondary N) is 1. The highest BCUT2D eigenvalue weighted by Crippen LogP contribution is 2.18. The fourth-order valence-electron chi connectivity index (χ4n) is 2.27. The minimum atomic E-state index is -0.526. The Labute approximate surface area is 132 Å². The molecule has 0 saturated heterocycles. The third-order valence-electron chi connectivity index (χ3n) is 3.63. The van der Waals surface area contributed by atoms with Gasteiger partial charge in [-0.15, -0.1) is 0 Å². The van der Waals surface area contributed by atoms with Crippen LogP contribution in [0.4, 0.5) is 0 Å². The highest BCUT2D eigenvalue weighted by molar-refractivity contribution is 5.81. The zero-order valence-electron chi connectivity index (χ0n) is 13.4. The molecule has 2 atom stereocenters. The second-order valence-corrected chi connectivity index (χ2v) is 5.45. The summed E-state index contributed by atoms with van der Waals surface area (Å²) in [5.74, 6) is 0.602. The number of para-hydroxylation sites is 1. The molecule has 2 aromatic rings. The van der Waals surface area contributed by atoms with Gasteiger partial charge in [0.05, 0.1) is 6.04 Å². The van der Waals surface area contributed by atoms with Crippen LogP contribution in [-0.2, 0) is 4.79 Å². The normalized spacial score (nSPS) is 13.2. The molecule has 1 amide bonds. The molecular weight excluding hydrogens is 274 g/mol. The van der Waals surface area contributed by atoms with E-state index in [1.165, 1.54) is 5.56 Å². The van der Waals surface area contributed by atoms with Crippen molar-refractivity contribution in [3.8, 4) is 5.75 Å². The van der Waals surface area contributed by atoms with Gasteiger partial charge in [-0.3, -0.25) is 4.79 Å². The maximum absolute atomic E-state index is 12.3. The molecule has 0 aliphatic heterocycles. The number of aryl methyl sites for hydroxylation is 1. The van der Waals surface area contributed by atoms with E-state index in [4.69, 9.17) is 4.74 Å². The van der Waals surface area contributed by atoms with Gasteiger partial charge < -0.3 is 10.1 Å². The molecule has 22 heavy (non-hydrogen) atoms. The van der Waals surface area contributed by atoms with Crippen LogP contribution >= 0.6 is 0 Å². The quantitative estimate of drug-likeness (QED) is 0.874. The minimum absolute atomic E-state index is 0.00919. The van der Waals surface area contributed by atoms with Gasteiger partial charge in [0.15, 0.2) is 6.10 Å². The average molecular weight is 297 g/mol. The molecule has 0 fully saturated rings. The summed E-state index contributed by atoms with van der Waals surface area (Å²) in [4.78, 5) is 12.3. The molecule has 2 aromatic carbocycles. The van der Waals surface area contributed by atoms with E-state index in [1.807, 2.05) is 30.3 Å². The van der Waals surface area contributed by atoms with Crippen LogP contribution in [0.2, 0.25) is 0 Å². The summed E-state index contributed by atoms with van der Waals surface area (Å²) in [6, 6.07) is 17.7. The Kier molecular flexibility index (Phi) is 5.59. The summed E-state index contributed by atoms with van der Waals surface area (Å²) in [6.45, 7) is 5.89. The second-order valence-electron chi connectivity index (χ2n) is 5.45. The summed E-state index contributed by atoms with van der Waals surface area (Å²) in [6.07, 6.45) is 0.314. The molecule has 0 saturated carbocycles. The summed E-state index contributed by atoms with van der Waals surface area (Å²) < 4.78 is 5.66. The minimum Gasteiger partial charge on any atom is -0.481 e. The average Bonchev–Trinajstić information content (AvgIpc) is 2.54. The lowest BCUT2D eigenvalue weighted by Gasteiger charge is -2.21. The fourth-order valence-corrected chi connectivity index (χ4v) is 2.27. The first kappa shape index (κ1) is 16.1. The number of carbonyl (C=O) groups is 1. The maximum atomic E-state index is 12.3. The fraction of sp³-hybridized carbons (Fsp3) is 0.316. The van der Waals surface area contributed by atoms with Crippen LogP contribution in [0.5, 0.6) is 5.75 Å². The van der Waals surface area contributed by atoms with Gasteiger partial charge in [0, 0.05) is 0 Å². The van der Waals surface area contributed by atoms with Gasteiger partial charge in [-0.1, -0.05) is 55.0 Å². The van der Waals surface area contributed by atoms with E-state index in [2.05, 4.69) is 43.4 Å². The maximum Gasteiger partial charge on any atom is 0.261 e. The zero-order valence-corrected chi connectivity index (χ0v) is 13.4. The Balaban J connectivity index is 1.98. The molecular formula is C19H23NO2. The number of hydrogen-bond acceptors (Lipinski definition) is 2. The summed E-state index contributed by atoms with van der Waals surface area (Å²) in [5, 5.41) is 3.06. The number of benzene rings is 2. The summed E-state index contributed by atoms with van der Waals surface area (Å²) >= 11 is 0. The zero-order chi connectivity index (χ0) is 15.9. The molecule has 0 unspecified atom stereocenters. The van der Waals surface area contributed by atoms with Crippen molar-refractivity contribution in [3.05, 3.63) is 65.7 Å². The van der Waals surface area contributed by atoms with Gasteiger partial charge in [0.1, 0.15) is 5.75 Å². The standard InChI is InChI=1S/C19H23NO2/c1-4-18(16-12-10-14(2)11-13-16)20-19(21)15(3)22-17-8-6-5-7-9-17/h5-13,15,18H,4H2,1-3H3,(H,20,21)/t15-,18+/m1/s1. The monoisotopic (exact) mass is 297 g/mol.